The maximum atomic E-state index is 12.5. The monoisotopic (exact) mass is 493 g/mol. The van der Waals surface area contributed by atoms with Gasteiger partial charge in [-0.15, -0.1) is 0 Å². The van der Waals surface area contributed by atoms with Gasteiger partial charge in [0, 0.05) is 27.8 Å². The van der Waals surface area contributed by atoms with E-state index in [-0.39, 0.29) is 17.4 Å². The maximum Gasteiger partial charge on any atom is 0.271 e. The number of fused-ring (bicyclic) bond motifs is 1. The fourth-order valence-electron chi connectivity index (χ4n) is 2.75. The lowest BCUT2D eigenvalue weighted by molar-refractivity contribution is 0.0961. The molecule has 154 valence electrons. The molecule has 0 aliphatic carbocycles. The average Bonchev–Trinajstić information content (AvgIpc) is 2.81. The molecule has 2 heterocycles. The van der Waals surface area contributed by atoms with Crippen LogP contribution in [0, 0.1) is 0 Å². The number of para-hydroxylation sites is 1. The van der Waals surface area contributed by atoms with Gasteiger partial charge in [-0.1, -0.05) is 52.0 Å². The van der Waals surface area contributed by atoms with Crippen LogP contribution in [0.25, 0.3) is 10.9 Å². The van der Waals surface area contributed by atoms with Crippen LogP contribution in [0.3, 0.4) is 0 Å². The number of pyridine rings is 1. The third-order valence-corrected chi connectivity index (χ3v) is 5.68. The summed E-state index contributed by atoms with van der Waals surface area (Å²) in [6.45, 7) is 0. The highest BCUT2D eigenvalue weighted by Crippen LogP contribution is 2.24. The first-order valence-electron chi connectivity index (χ1n) is 9.25. The molecule has 2 aromatic carbocycles. The Morgan fingerprint density at radius 3 is 2.52 bits per heavy atom. The summed E-state index contributed by atoms with van der Waals surface area (Å²) in [5, 5.41) is 1.18. The smallest absolute Gasteiger partial charge is 0.271 e. The standard InChI is InChI=1S/C22H16BrN5O2S/c23-16-9-7-14(8-10-16)19(29)13-31-22-25-18-6-2-1-5-17(18)20(26-22)27-28-21(30)15-4-3-11-24-12-15/h1-12H,13H2,(H,28,30)(H,25,26,27). The van der Waals surface area contributed by atoms with E-state index < -0.39 is 0 Å². The van der Waals surface area contributed by atoms with Crippen molar-refractivity contribution in [3.63, 3.8) is 0 Å². The summed E-state index contributed by atoms with van der Waals surface area (Å²) in [6, 6.07) is 18.0. The fraction of sp³-hybridized carbons (Fsp3) is 0.0455. The molecule has 0 atom stereocenters. The second-order valence-corrected chi connectivity index (χ2v) is 8.27. The number of nitrogens with zero attached hydrogens (tertiary/aromatic N) is 3. The third-order valence-electron chi connectivity index (χ3n) is 4.30. The molecule has 31 heavy (non-hydrogen) atoms. The first kappa shape index (κ1) is 21.0. The van der Waals surface area contributed by atoms with Gasteiger partial charge in [0.15, 0.2) is 16.8 Å². The number of hydrogen-bond donors (Lipinski definition) is 2. The van der Waals surface area contributed by atoms with Crippen molar-refractivity contribution in [2.75, 3.05) is 11.2 Å². The van der Waals surface area contributed by atoms with E-state index in [2.05, 4.69) is 41.7 Å². The van der Waals surface area contributed by atoms with Crippen molar-refractivity contribution in [3.05, 3.63) is 88.7 Å². The number of thioether (sulfide) groups is 1. The highest BCUT2D eigenvalue weighted by Gasteiger charge is 2.13. The van der Waals surface area contributed by atoms with Gasteiger partial charge >= 0.3 is 0 Å². The van der Waals surface area contributed by atoms with Crippen LogP contribution in [0.15, 0.2) is 82.7 Å². The molecular weight excluding hydrogens is 478 g/mol. The number of ketones is 1. The molecule has 0 fully saturated rings. The first-order valence-corrected chi connectivity index (χ1v) is 11.0. The van der Waals surface area contributed by atoms with Gasteiger partial charge in [0.05, 0.1) is 16.8 Å². The Morgan fingerprint density at radius 2 is 1.74 bits per heavy atom. The van der Waals surface area contributed by atoms with Gasteiger partial charge in [0.1, 0.15) is 0 Å². The Labute approximate surface area is 190 Å². The number of anilines is 1. The predicted molar refractivity (Wildman–Crippen MR) is 124 cm³/mol. The predicted octanol–water partition coefficient (Wildman–Crippen LogP) is 4.52. The molecule has 0 saturated heterocycles. The first-order chi connectivity index (χ1) is 15.1. The van der Waals surface area contributed by atoms with Gasteiger partial charge in [-0.05, 0) is 36.4 Å². The molecule has 0 spiro atoms. The maximum absolute atomic E-state index is 12.5. The highest BCUT2D eigenvalue weighted by molar-refractivity contribution is 9.10. The summed E-state index contributed by atoms with van der Waals surface area (Å²) >= 11 is 4.61. The number of hydrazine groups is 1. The zero-order chi connectivity index (χ0) is 21.6. The van der Waals surface area contributed by atoms with E-state index in [0.29, 0.717) is 27.6 Å². The van der Waals surface area contributed by atoms with Gasteiger partial charge < -0.3 is 0 Å². The minimum Gasteiger partial charge on any atom is -0.293 e. The van der Waals surface area contributed by atoms with Crippen molar-refractivity contribution in [3.8, 4) is 0 Å². The number of halogens is 1. The summed E-state index contributed by atoms with van der Waals surface area (Å²) in [5.74, 6) is 0.284. The van der Waals surface area contributed by atoms with Gasteiger partial charge in [-0.2, -0.15) is 0 Å². The van der Waals surface area contributed by atoms with E-state index in [9.17, 15) is 9.59 Å². The number of Topliss-reactive ketones (excluding diaryl/α,β-unsaturated/α-hetero) is 1. The lowest BCUT2D eigenvalue weighted by atomic mass is 10.2. The van der Waals surface area contributed by atoms with E-state index in [1.54, 1.807) is 30.5 Å². The minimum atomic E-state index is -0.338. The summed E-state index contributed by atoms with van der Waals surface area (Å²) in [4.78, 5) is 37.8. The fourth-order valence-corrected chi connectivity index (χ4v) is 3.76. The van der Waals surface area contributed by atoms with Crippen LogP contribution in [0.2, 0.25) is 0 Å². The summed E-state index contributed by atoms with van der Waals surface area (Å²) in [5.41, 5.74) is 7.25. The molecule has 0 bridgehead atoms. The summed E-state index contributed by atoms with van der Waals surface area (Å²) < 4.78 is 0.915. The Balaban J connectivity index is 1.51. The van der Waals surface area contributed by atoms with Gasteiger partial charge in [-0.25, -0.2) is 9.97 Å². The van der Waals surface area contributed by atoms with Crippen molar-refractivity contribution >= 4 is 56.1 Å². The Morgan fingerprint density at radius 1 is 0.935 bits per heavy atom. The van der Waals surface area contributed by atoms with Crippen LogP contribution in [-0.2, 0) is 0 Å². The van der Waals surface area contributed by atoms with E-state index in [1.807, 2.05) is 36.4 Å². The molecule has 0 aliphatic heterocycles. The molecule has 7 nitrogen and oxygen atoms in total. The number of nitrogens with one attached hydrogen (secondary N) is 2. The van der Waals surface area contributed by atoms with Crippen molar-refractivity contribution in [2.24, 2.45) is 0 Å². The molecule has 0 aliphatic rings. The topological polar surface area (TPSA) is 96.9 Å². The largest absolute Gasteiger partial charge is 0.293 e. The normalized spacial score (nSPS) is 10.6. The Hall–Kier alpha value is -3.30. The highest BCUT2D eigenvalue weighted by atomic mass is 79.9. The van der Waals surface area contributed by atoms with Crippen molar-refractivity contribution < 1.29 is 9.59 Å². The Kier molecular flexibility index (Phi) is 6.54. The van der Waals surface area contributed by atoms with E-state index >= 15 is 0 Å². The number of carbonyl (C=O) groups is 2. The van der Waals surface area contributed by atoms with E-state index in [1.165, 1.54) is 18.0 Å². The number of rotatable bonds is 7. The summed E-state index contributed by atoms with van der Waals surface area (Å²) in [7, 11) is 0. The van der Waals surface area contributed by atoms with E-state index in [4.69, 9.17) is 0 Å². The number of benzene rings is 2. The van der Waals surface area contributed by atoms with Crippen LogP contribution in [0.1, 0.15) is 20.7 Å². The lowest BCUT2D eigenvalue weighted by Gasteiger charge is -2.11. The quantitative estimate of drug-likeness (QED) is 0.169. The molecule has 4 aromatic rings. The van der Waals surface area contributed by atoms with Crippen LogP contribution in [0.5, 0.6) is 0 Å². The van der Waals surface area contributed by atoms with Crippen molar-refractivity contribution in [1.82, 2.24) is 20.4 Å². The molecule has 0 saturated carbocycles. The Bertz CT molecular complexity index is 1240. The van der Waals surface area contributed by atoms with Gasteiger partial charge in [0.25, 0.3) is 5.91 Å². The van der Waals surface area contributed by atoms with Crippen LogP contribution in [0.4, 0.5) is 5.82 Å². The summed E-state index contributed by atoms with van der Waals surface area (Å²) in [6.07, 6.45) is 3.07. The van der Waals surface area contributed by atoms with Crippen molar-refractivity contribution in [2.45, 2.75) is 5.16 Å². The zero-order valence-corrected chi connectivity index (χ0v) is 18.5. The molecule has 2 aromatic heterocycles. The van der Waals surface area contributed by atoms with Crippen molar-refractivity contribution in [1.29, 1.82) is 0 Å². The average molecular weight is 494 g/mol. The van der Waals surface area contributed by atoms with Crippen LogP contribution in [-0.4, -0.2) is 32.4 Å². The molecule has 4 rings (SSSR count). The van der Waals surface area contributed by atoms with Crippen LogP contribution < -0.4 is 10.9 Å². The molecule has 2 N–H and O–H groups in total. The zero-order valence-electron chi connectivity index (χ0n) is 16.1. The van der Waals surface area contributed by atoms with E-state index in [0.717, 1.165) is 9.86 Å². The third kappa shape index (κ3) is 5.25. The molecule has 0 radical (unpaired) electrons. The second-order valence-electron chi connectivity index (χ2n) is 6.41. The van der Waals surface area contributed by atoms with Gasteiger partial charge in [0.2, 0.25) is 0 Å². The van der Waals surface area contributed by atoms with Crippen LogP contribution >= 0.6 is 27.7 Å². The lowest BCUT2D eigenvalue weighted by Crippen LogP contribution is -2.30. The van der Waals surface area contributed by atoms with Gasteiger partial charge in [-0.3, -0.25) is 25.4 Å². The second kappa shape index (κ2) is 9.67. The number of aromatic nitrogens is 3. The molecule has 0 unspecified atom stereocenters. The molecule has 1 amide bonds. The SMILES string of the molecule is O=C(CSc1nc(NNC(=O)c2cccnc2)c2ccccc2n1)c1ccc(Br)cc1. The molecule has 9 heteroatoms. The number of amides is 1. The number of carbonyl (C=O) groups excluding carboxylic acids is 2. The number of hydrogen-bond acceptors (Lipinski definition) is 7. The molecular formula is C22H16BrN5O2S. The minimum absolute atomic E-state index is 0.0198.